The maximum Gasteiger partial charge on any atom is 0.414 e. The van der Waals surface area contributed by atoms with Crippen LogP contribution < -0.4 is 14.4 Å². The lowest BCUT2D eigenvalue weighted by Crippen LogP contribution is -2.45. The van der Waals surface area contributed by atoms with Crippen molar-refractivity contribution in [3.63, 3.8) is 0 Å². The summed E-state index contributed by atoms with van der Waals surface area (Å²) in [5.74, 6) is 2.37. The third-order valence-electron chi connectivity index (χ3n) is 7.06. The summed E-state index contributed by atoms with van der Waals surface area (Å²) in [6, 6.07) is 20.1. The molecule has 1 saturated heterocycles. The van der Waals surface area contributed by atoms with Crippen LogP contribution in [0.3, 0.4) is 0 Å². The average Bonchev–Trinajstić information content (AvgIpc) is 3.60. The van der Waals surface area contributed by atoms with Crippen molar-refractivity contribution in [2.75, 3.05) is 37.7 Å². The number of halogens is 1. The summed E-state index contributed by atoms with van der Waals surface area (Å²) in [6.45, 7) is 5.50. The Morgan fingerprint density at radius 1 is 1.00 bits per heavy atom. The Kier molecular flexibility index (Phi) is 7.12. The van der Waals surface area contributed by atoms with Crippen molar-refractivity contribution in [2.45, 2.75) is 25.6 Å². The number of hydrogen-bond acceptors (Lipinski definition) is 8. The molecular weight excluding hydrogens is 522 g/mol. The molecule has 2 aliphatic heterocycles. The number of fused-ring (bicyclic) bond motifs is 1. The topological polar surface area (TPSA) is 99.0 Å². The van der Waals surface area contributed by atoms with E-state index >= 15 is 0 Å². The molecule has 0 saturated carbocycles. The Bertz CT molecular complexity index is 1430. The van der Waals surface area contributed by atoms with Crippen LogP contribution in [0.1, 0.15) is 12.2 Å². The first-order valence-corrected chi connectivity index (χ1v) is 13.3. The van der Waals surface area contributed by atoms with Gasteiger partial charge in [0.25, 0.3) is 0 Å². The van der Waals surface area contributed by atoms with E-state index in [2.05, 4.69) is 26.9 Å². The highest BCUT2D eigenvalue weighted by Gasteiger charge is 2.28. The molecule has 39 heavy (non-hydrogen) atoms. The number of benzene rings is 2. The highest BCUT2D eigenvalue weighted by Crippen LogP contribution is 2.27. The van der Waals surface area contributed by atoms with Gasteiger partial charge >= 0.3 is 11.8 Å². The Hall–Kier alpha value is -4.02. The molecule has 0 amide bonds. The fourth-order valence-electron chi connectivity index (χ4n) is 4.90. The van der Waals surface area contributed by atoms with Crippen LogP contribution in [-0.4, -0.2) is 58.3 Å². The normalized spacial score (nSPS) is 17.5. The summed E-state index contributed by atoms with van der Waals surface area (Å²) >= 11 is 5.99. The number of rotatable bonds is 8. The van der Waals surface area contributed by atoms with Gasteiger partial charge in [0.2, 0.25) is 0 Å². The van der Waals surface area contributed by atoms with Crippen LogP contribution in [0.15, 0.2) is 71.3 Å². The quantitative estimate of drug-likeness (QED) is 0.217. The molecular formula is C28H28ClN5O5. The molecule has 11 heteroatoms. The molecule has 0 aliphatic carbocycles. The van der Waals surface area contributed by atoms with Gasteiger partial charge in [-0.25, -0.2) is 0 Å². The molecule has 10 nitrogen and oxygen atoms in total. The summed E-state index contributed by atoms with van der Waals surface area (Å²) in [6.07, 6.45) is 1.90. The minimum Gasteiger partial charge on any atom is -0.490 e. The van der Waals surface area contributed by atoms with E-state index in [1.807, 2.05) is 48.5 Å². The molecule has 1 fully saturated rings. The Balaban J connectivity index is 0.963. The first-order chi connectivity index (χ1) is 19.0. The van der Waals surface area contributed by atoms with E-state index in [1.165, 1.54) is 6.20 Å². The van der Waals surface area contributed by atoms with Crippen molar-refractivity contribution < 1.29 is 18.8 Å². The number of furan rings is 1. The van der Waals surface area contributed by atoms with Gasteiger partial charge < -0.3 is 28.9 Å². The van der Waals surface area contributed by atoms with E-state index in [9.17, 15) is 10.1 Å². The number of aromatic nitrogens is 2. The Morgan fingerprint density at radius 3 is 2.51 bits per heavy atom. The lowest BCUT2D eigenvalue weighted by molar-refractivity contribution is -0.389. The van der Waals surface area contributed by atoms with Crippen LogP contribution in [0.25, 0.3) is 11.3 Å². The number of imidazole rings is 1. The fourth-order valence-corrected chi connectivity index (χ4v) is 5.02. The van der Waals surface area contributed by atoms with Crippen molar-refractivity contribution in [1.82, 2.24) is 14.5 Å². The highest BCUT2D eigenvalue weighted by atomic mass is 35.5. The summed E-state index contributed by atoms with van der Waals surface area (Å²) in [7, 11) is 0. The first-order valence-electron chi connectivity index (χ1n) is 12.9. The Labute approximate surface area is 230 Å². The minimum absolute atomic E-state index is 0.202. The maximum absolute atomic E-state index is 10.9. The second-order valence-electron chi connectivity index (χ2n) is 9.70. The van der Waals surface area contributed by atoms with Crippen LogP contribution in [-0.2, 0) is 13.1 Å². The van der Waals surface area contributed by atoms with Gasteiger partial charge in [0, 0.05) is 60.4 Å². The van der Waals surface area contributed by atoms with Crippen molar-refractivity contribution in [1.29, 1.82) is 0 Å². The van der Waals surface area contributed by atoms with Gasteiger partial charge in [-0.3, -0.25) is 9.47 Å². The van der Waals surface area contributed by atoms with Crippen LogP contribution in [0, 0.1) is 10.1 Å². The molecule has 0 N–H and O–H groups in total. The van der Waals surface area contributed by atoms with Crippen molar-refractivity contribution in [3.8, 4) is 23.1 Å². The second-order valence-corrected chi connectivity index (χ2v) is 10.1. The van der Waals surface area contributed by atoms with Gasteiger partial charge in [-0.2, -0.15) is 0 Å². The molecule has 2 aliphatic rings. The van der Waals surface area contributed by atoms with Gasteiger partial charge in [-0.1, -0.05) is 11.6 Å². The van der Waals surface area contributed by atoms with Gasteiger partial charge in [-0.05, 0) is 65.6 Å². The molecule has 4 heterocycles. The van der Waals surface area contributed by atoms with E-state index < -0.39 is 4.92 Å². The lowest BCUT2D eigenvalue weighted by Gasteiger charge is -2.35. The molecule has 0 radical (unpaired) electrons. The standard InChI is InChI=1S/C28H28ClN5O5/c29-21-3-1-20(2-4-21)26-10-9-24(38-26)17-31-13-15-32(16-14-31)22-5-7-23(8-6-22)37-19-25-11-12-33-18-27(34(35)36)30-28(33)39-25/h1-10,18,25H,11-17,19H2/t25-/m1/s1. The molecule has 2 aromatic carbocycles. The third-order valence-corrected chi connectivity index (χ3v) is 7.31. The zero-order valence-corrected chi connectivity index (χ0v) is 22.0. The molecule has 0 spiro atoms. The van der Waals surface area contributed by atoms with Gasteiger partial charge in [-0.15, -0.1) is 0 Å². The largest absolute Gasteiger partial charge is 0.490 e. The predicted molar refractivity (Wildman–Crippen MR) is 146 cm³/mol. The lowest BCUT2D eigenvalue weighted by atomic mass is 10.2. The smallest absolute Gasteiger partial charge is 0.414 e. The van der Waals surface area contributed by atoms with E-state index in [-0.39, 0.29) is 17.9 Å². The number of hydrogen-bond donors (Lipinski definition) is 0. The average molecular weight is 550 g/mol. The number of nitro groups is 1. The monoisotopic (exact) mass is 549 g/mol. The van der Waals surface area contributed by atoms with Gasteiger partial charge in [0.1, 0.15) is 36.2 Å². The van der Waals surface area contributed by atoms with Crippen molar-refractivity contribution in [2.24, 2.45) is 0 Å². The summed E-state index contributed by atoms with van der Waals surface area (Å²) in [5.41, 5.74) is 2.18. The van der Waals surface area contributed by atoms with Crippen LogP contribution in [0.4, 0.5) is 11.5 Å². The molecule has 2 aromatic heterocycles. The maximum atomic E-state index is 10.9. The zero-order valence-electron chi connectivity index (χ0n) is 21.2. The molecule has 202 valence electrons. The van der Waals surface area contributed by atoms with Gasteiger partial charge in [0.15, 0.2) is 0 Å². The number of aryl methyl sites for hydroxylation is 1. The second kappa shape index (κ2) is 11.0. The molecule has 6 rings (SSSR count). The first kappa shape index (κ1) is 25.3. The highest BCUT2D eigenvalue weighted by molar-refractivity contribution is 6.30. The van der Waals surface area contributed by atoms with E-state index in [4.69, 9.17) is 25.5 Å². The van der Waals surface area contributed by atoms with E-state index in [1.54, 1.807) is 4.57 Å². The third kappa shape index (κ3) is 5.86. The minimum atomic E-state index is -0.514. The van der Waals surface area contributed by atoms with E-state index in [0.29, 0.717) is 24.6 Å². The number of anilines is 1. The summed E-state index contributed by atoms with van der Waals surface area (Å²) in [5, 5.41) is 11.6. The van der Waals surface area contributed by atoms with Gasteiger partial charge in [0.05, 0.1) is 6.54 Å². The number of piperazine rings is 1. The SMILES string of the molecule is O=[N+]([O-])c1cn2c(n1)O[C@@H](COc1ccc(N3CCN(Cc4ccc(-c5ccc(Cl)cc5)o4)CC3)cc1)CC2. The van der Waals surface area contributed by atoms with Crippen molar-refractivity contribution >= 4 is 23.1 Å². The zero-order chi connectivity index (χ0) is 26.8. The molecule has 0 unspecified atom stereocenters. The molecule has 1 atom stereocenters. The Morgan fingerprint density at radius 2 is 1.77 bits per heavy atom. The van der Waals surface area contributed by atoms with Crippen molar-refractivity contribution in [3.05, 3.63) is 87.8 Å². The number of ether oxygens (including phenoxy) is 2. The fraction of sp³-hybridized carbons (Fsp3) is 0.321. The number of nitrogens with zero attached hydrogens (tertiary/aromatic N) is 5. The summed E-state index contributed by atoms with van der Waals surface area (Å²) in [4.78, 5) is 19.1. The van der Waals surface area contributed by atoms with E-state index in [0.717, 1.165) is 61.2 Å². The van der Waals surface area contributed by atoms with Crippen LogP contribution in [0.2, 0.25) is 5.02 Å². The summed E-state index contributed by atoms with van der Waals surface area (Å²) < 4.78 is 19.5. The molecule has 0 bridgehead atoms. The van der Waals surface area contributed by atoms with Crippen LogP contribution in [0.5, 0.6) is 11.8 Å². The van der Waals surface area contributed by atoms with Crippen LogP contribution >= 0.6 is 11.6 Å². The predicted octanol–water partition coefficient (Wildman–Crippen LogP) is 5.26. The molecule has 4 aromatic rings.